The second-order valence-electron chi connectivity index (χ2n) is 2.83. The molecule has 0 spiro atoms. The fourth-order valence-electron chi connectivity index (χ4n) is 1.56. The van der Waals surface area contributed by atoms with E-state index in [0.717, 1.165) is 24.5 Å². The van der Waals surface area contributed by atoms with E-state index in [1.807, 2.05) is 0 Å². The minimum atomic E-state index is 0.738. The fourth-order valence-corrected chi connectivity index (χ4v) is 2.76. The van der Waals surface area contributed by atoms with Gasteiger partial charge in [0.1, 0.15) is 0 Å². The minimum absolute atomic E-state index is 0.738. The Morgan fingerprint density at radius 2 is 2.50 bits per heavy atom. The molecule has 10 heavy (non-hydrogen) atoms. The third kappa shape index (κ3) is 1.31. The maximum Gasteiger partial charge on any atom is 0.0600 e. The van der Waals surface area contributed by atoms with Gasteiger partial charge in [0.2, 0.25) is 0 Å². The van der Waals surface area contributed by atoms with Crippen LogP contribution in [0, 0.1) is 0 Å². The summed E-state index contributed by atoms with van der Waals surface area (Å²) in [6.45, 7) is 3.10. The summed E-state index contributed by atoms with van der Waals surface area (Å²) in [4.78, 5) is 0. The van der Waals surface area contributed by atoms with Crippen LogP contribution in [0.2, 0.25) is 0 Å². The normalized spacial score (nSPS) is 40.8. The van der Waals surface area contributed by atoms with Crippen LogP contribution in [0.1, 0.15) is 6.42 Å². The lowest BCUT2D eigenvalue weighted by Crippen LogP contribution is -2.49. The van der Waals surface area contributed by atoms with Gasteiger partial charge in [-0.2, -0.15) is 11.8 Å². The first-order valence-electron chi connectivity index (χ1n) is 3.89. The second-order valence-corrected chi connectivity index (χ2v) is 4.18. The molecule has 0 aromatic heterocycles. The lowest BCUT2D eigenvalue weighted by atomic mass is 10.1. The summed E-state index contributed by atoms with van der Waals surface area (Å²) in [5.41, 5.74) is 0. The van der Waals surface area contributed by atoms with Crippen LogP contribution >= 0.6 is 11.8 Å². The molecule has 2 aliphatic rings. The van der Waals surface area contributed by atoms with Gasteiger partial charge in [-0.3, -0.25) is 0 Å². The summed E-state index contributed by atoms with van der Waals surface area (Å²) in [6.07, 6.45) is 1.21. The fraction of sp³-hybridized carbons (Fsp3) is 1.00. The van der Waals surface area contributed by atoms with Crippen LogP contribution in [0.3, 0.4) is 0 Å². The number of ether oxygens (including phenoxy) is 1. The summed E-state index contributed by atoms with van der Waals surface area (Å²) >= 11 is 2.06. The van der Waals surface area contributed by atoms with E-state index in [2.05, 4.69) is 17.1 Å². The quantitative estimate of drug-likeness (QED) is 0.555. The maximum absolute atomic E-state index is 5.38. The third-order valence-corrected chi connectivity index (χ3v) is 3.48. The number of thioether (sulfide) groups is 1. The Bertz CT molecular complexity index is 94.2. The molecule has 0 unspecified atom stereocenters. The van der Waals surface area contributed by atoms with Crippen LogP contribution in [0.15, 0.2) is 0 Å². The molecule has 0 aromatic rings. The Balaban J connectivity index is 1.93. The highest BCUT2D eigenvalue weighted by atomic mass is 32.2. The molecule has 0 bridgehead atoms. The van der Waals surface area contributed by atoms with Gasteiger partial charge in [-0.1, -0.05) is 0 Å². The van der Waals surface area contributed by atoms with Crippen molar-refractivity contribution in [1.29, 1.82) is 0 Å². The van der Waals surface area contributed by atoms with Crippen molar-refractivity contribution in [2.45, 2.75) is 17.7 Å². The van der Waals surface area contributed by atoms with Crippen LogP contribution < -0.4 is 5.32 Å². The third-order valence-electron chi connectivity index (χ3n) is 2.14. The summed E-state index contributed by atoms with van der Waals surface area (Å²) in [5.74, 6) is 1.25. The molecule has 0 saturated carbocycles. The van der Waals surface area contributed by atoms with Gasteiger partial charge in [-0.05, 0) is 6.42 Å². The zero-order valence-corrected chi connectivity index (χ0v) is 6.82. The number of hydrogen-bond donors (Lipinski definition) is 1. The lowest BCUT2D eigenvalue weighted by molar-refractivity contribution is 0.0822. The average Bonchev–Trinajstić information content (AvgIpc) is 2.05. The number of fused-ring (bicyclic) bond motifs is 1. The molecule has 2 saturated heterocycles. The summed E-state index contributed by atoms with van der Waals surface area (Å²) in [5, 5.41) is 4.26. The van der Waals surface area contributed by atoms with E-state index >= 15 is 0 Å². The average molecular weight is 159 g/mol. The Morgan fingerprint density at radius 1 is 1.50 bits per heavy atom. The Morgan fingerprint density at radius 3 is 3.40 bits per heavy atom. The summed E-state index contributed by atoms with van der Waals surface area (Å²) < 4.78 is 5.38. The monoisotopic (exact) mass is 159 g/mol. The predicted molar refractivity (Wildman–Crippen MR) is 43.5 cm³/mol. The van der Waals surface area contributed by atoms with E-state index in [1.54, 1.807) is 0 Å². The molecule has 2 aliphatic heterocycles. The van der Waals surface area contributed by atoms with Gasteiger partial charge in [0, 0.05) is 30.2 Å². The second kappa shape index (κ2) is 3.11. The molecule has 2 nitrogen and oxygen atoms in total. The maximum atomic E-state index is 5.38. The number of nitrogens with one attached hydrogen (secondary N) is 1. The molecule has 1 N–H and O–H groups in total. The molecule has 0 aliphatic carbocycles. The Labute approximate surface area is 65.7 Å². The minimum Gasteiger partial charge on any atom is -0.380 e. The standard InChI is InChI=1S/C7H13NOS/c1-3-9-5-7-6(1)8-2-4-10-7/h6-8H,1-5H2/t6-,7+/m1/s1. The van der Waals surface area contributed by atoms with Gasteiger partial charge in [0.05, 0.1) is 6.61 Å². The van der Waals surface area contributed by atoms with Crippen molar-refractivity contribution in [3.63, 3.8) is 0 Å². The van der Waals surface area contributed by atoms with Gasteiger partial charge in [-0.15, -0.1) is 0 Å². The smallest absolute Gasteiger partial charge is 0.0600 e. The van der Waals surface area contributed by atoms with Crippen LogP contribution in [0.4, 0.5) is 0 Å². The van der Waals surface area contributed by atoms with Gasteiger partial charge >= 0.3 is 0 Å². The molecule has 0 aromatic carbocycles. The van der Waals surface area contributed by atoms with E-state index < -0.39 is 0 Å². The molecule has 0 amide bonds. The summed E-state index contributed by atoms with van der Waals surface area (Å²) in [6, 6.07) is 0.743. The van der Waals surface area contributed by atoms with Gasteiger partial charge < -0.3 is 10.1 Å². The summed E-state index contributed by atoms with van der Waals surface area (Å²) in [7, 11) is 0. The molecular weight excluding hydrogens is 146 g/mol. The molecule has 2 atom stereocenters. The molecule has 0 radical (unpaired) electrons. The van der Waals surface area contributed by atoms with Crippen LogP contribution in [0.5, 0.6) is 0 Å². The highest BCUT2D eigenvalue weighted by Gasteiger charge is 2.27. The van der Waals surface area contributed by atoms with E-state index in [0.29, 0.717) is 0 Å². The van der Waals surface area contributed by atoms with E-state index in [1.165, 1.54) is 18.7 Å². The van der Waals surface area contributed by atoms with Crippen molar-refractivity contribution in [3.8, 4) is 0 Å². The van der Waals surface area contributed by atoms with E-state index in [4.69, 9.17) is 4.74 Å². The molecule has 2 rings (SSSR count). The largest absolute Gasteiger partial charge is 0.380 e. The Hall–Kier alpha value is 0.270. The zero-order valence-electron chi connectivity index (χ0n) is 6.01. The van der Waals surface area contributed by atoms with Crippen molar-refractivity contribution in [2.24, 2.45) is 0 Å². The predicted octanol–water partition coefficient (Wildman–Crippen LogP) is 0.480. The first-order chi connectivity index (χ1) is 4.97. The molecule has 58 valence electrons. The number of rotatable bonds is 0. The van der Waals surface area contributed by atoms with Gasteiger partial charge in [-0.25, -0.2) is 0 Å². The highest BCUT2D eigenvalue weighted by Crippen LogP contribution is 2.23. The van der Waals surface area contributed by atoms with Crippen LogP contribution in [0.25, 0.3) is 0 Å². The topological polar surface area (TPSA) is 21.3 Å². The number of hydrogen-bond acceptors (Lipinski definition) is 3. The molecule has 3 heteroatoms. The first kappa shape index (κ1) is 6.95. The van der Waals surface area contributed by atoms with Crippen molar-refractivity contribution in [1.82, 2.24) is 5.32 Å². The Kier molecular flexibility index (Phi) is 2.16. The highest BCUT2D eigenvalue weighted by molar-refractivity contribution is 8.00. The zero-order chi connectivity index (χ0) is 6.81. The van der Waals surface area contributed by atoms with Crippen LogP contribution in [-0.2, 0) is 4.74 Å². The molecule has 2 heterocycles. The first-order valence-corrected chi connectivity index (χ1v) is 4.94. The van der Waals surface area contributed by atoms with E-state index in [9.17, 15) is 0 Å². The van der Waals surface area contributed by atoms with Crippen molar-refractivity contribution >= 4 is 11.8 Å². The molecule has 2 fully saturated rings. The van der Waals surface area contributed by atoms with Crippen molar-refractivity contribution < 1.29 is 4.74 Å². The molecular formula is C7H13NOS. The lowest BCUT2D eigenvalue weighted by Gasteiger charge is -2.35. The van der Waals surface area contributed by atoms with E-state index in [-0.39, 0.29) is 0 Å². The van der Waals surface area contributed by atoms with Crippen molar-refractivity contribution in [3.05, 3.63) is 0 Å². The van der Waals surface area contributed by atoms with Gasteiger partial charge in [0.25, 0.3) is 0 Å². The SMILES string of the molecule is C1CS[C@H]2COCC[C@H]2N1. The van der Waals surface area contributed by atoms with Crippen molar-refractivity contribution in [2.75, 3.05) is 25.5 Å². The van der Waals surface area contributed by atoms with Gasteiger partial charge in [0.15, 0.2) is 0 Å². The van der Waals surface area contributed by atoms with Crippen LogP contribution in [-0.4, -0.2) is 36.8 Å².